The topological polar surface area (TPSA) is 68.4 Å². The van der Waals surface area contributed by atoms with Gasteiger partial charge in [-0.1, -0.05) is 12.1 Å². The molecule has 90 valence electrons. The summed E-state index contributed by atoms with van der Waals surface area (Å²) in [5.74, 6) is 1.81. The second-order valence-electron chi connectivity index (χ2n) is 3.59. The van der Waals surface area contributed by atoms with Crippen LogP contribution in [0.4, 0.5) is 0 Å². The number of hydrogen-bond acceptors (Lipinski definition) is 5. The van der Waals surface area contributed by atoms with E-state index in [4.69, 9.17) is 14.3 Å². The molecule has 0 amide bonds. The lowest BCUT2D eigenvalue weighted by Gasteiger charge is -2.01. The van der Waals surface area contributed by atoms with Gasteiger partial charge < -0.3 is 14.3 Å². The first-order chi connectivity index (χ1) is 8.31. The number of nitrogens with zero attached hydrogens (tertiary/aromatic N) is 2. The van der Waals surface area contributed by atoms with E-state index in [1.165, 1.54) is 0 Å². The molecule has 1 aromatic heterocycles. The molecular weight excluding hydrogens is 220 g/mol. The fourth-order valence-corrected chi connectivity index (χ4v) is 1.51. The Hall–Kier alpha value is -1.88. The van der Waals surface area contributed by atoms with Crippen molar-refractivity contribution >= 4 is 0 Å². The largest absolute Gasteiger partial charge is 0.497 e. The molecule has 5 nitrogen and oxygen atoms in total. The molecule has 0 spiro atoms. The Morgan fingerprint density at radius 2 is 2.12 bits per heavy atom. The van der Waals surface area contributed by atoms with E-state index < -0.39 is 0 Å². The van der Waals surface area contributed by atoms with Crippen LogP contribution in [0.1, 0.15) is 17.3 Å². The summed E-state index contributed by atoms with van der Waals surface area (Å²) in [7, 11) is 1.63. The summed E-state index contributed by atoms with van der Waals surface area (Å²) >= 11 is 0. The van der Waals surface area contributed by atoms with E-state index in [0.717, 1.165) is 11.3 Å². The van der Waals surface area contributed by atoms with Crippen LogP contribution in [0.2, 0.25) is 0 Å². The first kappa shape index (κ1) is 11.6. The first-order valence-electron chi connectivity index (χ1n) is 5.37. The summed E-state index contributed by atoms with van der Waals surface area (Å²) in [6.45, 7) is 0.0147. The zero-order valence-corrected chi connectivity index (χ0v) is 9.59. The van der Waals surface area contributed by atoms with Crippen molar-refractivity contribution in [1.29, 1.82) is 0 Å². The van der Waals surface area contributed by atoms with Gasteiger partial charge in [-0.2, -0.15) is 0 Å². The Labute approximate surface area is 99.1 Å². The van der Waals surface area contributed by atoms with Crippen molar-refractivity contribution in [3.63, 3.8) is 0 Å². The maximum Gasteiger partial charge on any atom is 0.220 e. The number of aliphatic hydroxyl groups excluding tert-OH is 1. The van der Waals surface area contributed by atoms with Crippen molar-refractivity contribution in [3.05, 3.63) is 41.6 Å². The zero-order valence-electron chi connectivity index (χ0n) is 9.59. The molecule has 0 aliphatic heterocycles. The van der Waals surface area contributed by atoms with Crippen LogP contribution >= 0.6 is 0 Å². The molecule has 0 unspecified atom stereocenters. The molecule has 0 aliphatic rings. The van der Waals surface area contributed by atoms with Crippen molar-refractivity contribution in [1.82, 2.24) is 10.2 Å². The molecule has 1 heterocycles. The van der Waals surface area contributed by atoms with E-state index in [2.05, 4.69) is 10.2 Å². The maximum atomic E-state index is 8.74. The van der Waals surface area contributed by atoms with Crippen molar-refractivity contribution in [3.8, 4) is 5.75 Å². The molecule has 0 bridgehead atoms. The Morgan fingerprint density at radius 1 is 1.29 bits per heavy atom. The van der Waals surface area contributed by atoms with Crippen LogP contribution in [0.15, 0.2) is 28.7 Å². The Morgan fingerprint density at radius 3 is 2.88 bits per heavy atom. The van der Waals surface area contributed by atoms with Gasteiger partial charge in [0.1, 0.15) is 5.75 Å². The lowest BCUT2D eigenvalue weighted by atomic mass is 10.1. The number of rotatable bonds is 5. The predicted octanol–water partition coefficient (Wildman–Crippen LogP) is 1.20. The van der Waals surface area contributed by atoms with Crippen molar-refractivity contribution in [2.45, 2.75) is 12.8 Å². The summed E-state index contributed by atoms with van der Waals surface area (Å²) in [5.41, 5.74) is 1.04. The van der Waals surface area contributed by atoms with Gasteiger partial charge >= 0.3 is 0 Å². The van der Waals surface area contributed by atoms with Gasteiger partial charge in [0.05, 0.1) is 20.1 Å². The molecule has 5 heteroatoms. The monoisotopic (exact) mass is 234 g/mol. The number of benzene rings is 1. The van der Waals surface area contributed by atoms with E-state index in [1.807, 2.05) is 24.3 Å². The minimum atomic E-state index is 0.0147. The fourth-order valence-electron chi connectivity index (χ4n) is 1.51. The lowest BCUT2D eigenvalue weighted by Crippen LogP contribution is -1.90. The predicted molar refractivity (Wildman–Crippen MR) is 60.9 cm³/mol. The Kier molecular flexibility index (Phi) is 3.72. The molecule has 2 aromatic rings. The van der Waals surface area contributed by atoms with Crippen LogP contribution in [0, 0.1) is 0 Å². The smallest absolute Gasteiger partial charge is 0.220 e. The van der Waals surface area contributed by atoms with Crippen molar-refractivity contribution in [2.75, 3.05) is 13.7 Å². The highest BCUT2D eigenvalue weighted by Gasteiger charge is 2.06. The van der Waals surface area contributed by atoms with Gasteiger partial charge in [-0.15, -0.1) is 10.2 Å². The Balaban J connectivity index is 2.08. The highest BCUT2D eigenvalue weighted by molar-refractivity contribution is 5.29. The molecule has 0 radical (unpaired) electrons. The van der Waals surface area contributed by atoms with Gasteiger partial charge in [0.15, 0.2) is 0 Å². The number of methoxy groups -OCH3 is 1. The van der Waals surface area contributed by atoms with Crippen molar-refractivity contribution in [2.24, 2.45) is 0 Å². The van der Waals surface area contributed by atoms with Gasteiger partial charge in [-0.05, 0) is 17.7 Å². The summed E-state index contributed by atoms with van der Waals surface area (Å²) < 4.78 is 10.5. The molecule has 1 aromatic carbocycles. The van der Waals surface area contributed by atoms with Crippen LogP contribution in [0.25, 0.3) is 0 Å². The van der Waals surface area contributed by atoms with Crippen molar-refractivity contribution < 1.29 is 14.3 Å². The second kappa shape index (κ2) is 5.45. The summed E-state index contributed by atoms with van der Waals surface area (Å²) in [5, 5.41) is 16.5. The SMILES string of the molecule is COc1cccc(Cc2nnc(CCO)o2)c1. The molecule has 0 aliphatic carbocycles. The minimum absolute atomic E-state index is 0.0147. The lowest BCUT2D eigenvalue weighted by molar-refractivity contribution is 0.283. The molecule has 2 rings (SSSR count). The van der Waals surface area contributed by atoms with Gasteiger partial charge in [0.2, 0.25) is 11.8 Å². The quantitative estimate of drug-likeness (QED) is 0.842. The standard InChI is InChI=1S/C12H14N2O3/c1-16-10-4-2-3-9(7-10)8-12-14-13-11(17-12)5-6-15/h2-4,7,15H,5-6,8H2,1H3. The number of ether oxygens (including phenoxy) is 1. The maximum absolute atomic E-state index is 8.74. The summed E-state index contributed by atoms with van der Waals surface area (Å²) in [6, 6.07) is 7.70. The van der Waals surface area contributed by atoms with E-state index in [9.17, 15) is 0 Å². The van der Waals surface area contributed by atoms with E-state index in [0.29, 0.717) is 24.6 Å². The average Bonchev–Trinajstić information content (AvgIpc) is 2.77. The van der Waals surface area contributed by atoms with E-state index in [-0.39, 0.29) is 6.61 Å². The normalized spacial score (nSPS) is 10.5. The number of aromatic nitrogens is 2. The molecule has 0 fully saturated rings. The third-order valence-corrected chi connectivity index (χ3v) is 2.32. The third kappa shape index (κ3) is 3.04. The average molecular weight is 234 g/mol. The summed E-state index contributed by atoms with van der Waals surface area (Å²) in [6.07, 6.45) is 0.959. The number of hydrogen-bond donors (Lipinski definition) is 1. The van der Waals surface area contributed by atoms with Crippen LogP contribution in [0.3, 0.4) is 0 Å². The fraction of sp³-hybridized carbons (Fsp3) is 0.333. The number of aliphatic hydroxyl groups is 1. The van der Waals surface area contributed by atoms with Crippen LogP contribution in [-0.2, 0) is 12.8 Å². The molecule has 17 heavy (non-hydrogen) atoms. The van der Waals surface area contributed by atoms with Gasteiger partial charge in [0, 0.05) is 6.42 Å². The third-order valence-electron chi connectivity index (χ3n) is 2.32. The highest BCUT2D eigenvalue weighted by Crippen LogP contribution is 2.15. The molecule has 1 N–H and O–H groups in total. The van der Waals surface area contributed by atoms with Gasteiger partial charge in [-0.25, -0.2) is 0 Å². The second-order valence-corrected chi connectivity index (χ2v) is 3.59. The molecule has 0 saturated carbocycles. The highest BCUT2D eigenvalue weighted by atomic mass is 16.5. The van der Waals surface area contributed by atoms with Crippen LogP contribution < -0.4 is 4.74 Å². The summed E-state index contributed by atoms with van der Waals surface area (Å²) in [4.78, 5) is 0. The minimum Gasteiger partial charge on any atom is -0.497 e. The van der Waals surface area contributed by atoms with Gasteiger partial charge in [-0.3, -0.25) is 0 Å². The van der Waals surface area contributed by atoms with Crippen LogP contribution in [0.5, 0.6) is 5.75 Å². The molecule has 0 atom stereocenters. The molecule has 0 saturated heterocycles. The van der Waals surface area contributed by atoms with E-state index in [1.54, 1.807) is 7.11 Å². The molecular formula is C12H14N2O3. The zero-order chi connectivity index (χ0) is 12.1. The van der Waals surface area contributed by atoms with Gasteiger partial charge in [0.25, 0.3) is 0 Å². The Bertz CT molecular complexity index is 482. The van der Waals surface area contributed by atoms with Crippen LogP contribution in [-0.4, -0.2) is 29.0 Å². The first-order valence-corrected chi connectivity index (χ1v) is 5.37. The van der Waals surface area contributed by atoms with E-state index >= 15 is 0 Å².